The van der Waals surface area contributed by atoms with Gasteiger partial charge in [-0.05, 0) is 68.1 Å². The maximum atomic E-state index is 14.3. The number of unbranched alkanes of at least 4 members (excludes halogenated alkanes) is 1. The van der Waals surface area contributed by atoms with E-state index in [9.17, 15) is 9.59 Å². The molecule has 3 aromatic carbocycles. The van der Waals surface area contributed by atoms with Crippen molar-refractivity contribution in [2.24, 2.45) is 0 Å². The predicted octanol–water partition coefficient (Wildman–Crippen LogP) is 7.07. The quantitative estimate of drug-likeness (QED) is 0.0689. The van der Waals surface area contributed by atoms with Crippen molar-refractivity contribution in [3.63, 3.8) is 0 Å². The minimum Gasteiger partial charge on any atom is -0.484 e. The average Bonchev–Trinajstić information content (AvgIpc) is 2.98. The summed E-state index contributed by atoms with van der Waals surface area (Å²) in [5.74, 6) is 1.49. The molecule has 0 radical (unpaired) electrons. The molecule has 1 heterocycles. The summed E-state index contributed by atoms with van der Waals surface area (Å²) in [4.78, 5) is 30.6. The zero-order valence-corrected chi connectivity index (χ0v) is 27.9. The number of alkyl halides is 1. The van der Waals surface area contributed by atoms with Gasteiger partial charge in [-0.3, -0.25) is 14.2 Å². The Bertz CT molecular complexity index is 1600. The number of carbonyl (C=O) groups is 1. The van der Waals surface area contributed by atoms with Crippen LogP contribution >= 0.6 is 21.5 Å². The van der Waals surface area contributed by atoms with Gasteiger partial charge in [-0.25, -0.2) is 4.98 Å². The van der Waals surface area contributed by atoms with Crippen molar-refractivity contribution in [3.05, 3.63) is 106 Å². The Hall–Kier alpha value is -3.37. The molecule has 4 rings (SSSR count). The third-order valence-corrected chi connectivity index (χ3v) is 8.19. The van der Waals surface area contributed by atoms with Crippen LogP contribution in [-0.2, 0) is 28.3 Å². The minimum atomic E-state index is -0.706. The highest BCUT2D eigenvalue weighted by Gasteiger charge is 2.23. The molecule has 7 nitrogen and oxygen atoms in total. The number of nitrogens with zero attached hydrogens (tertiary/aromatic N) is 2. The van der Waals surface area contributed by atoms with Crippen molar-refractivity contribution in [1.29, 1.82) is 0 Å². The normalized spacial score (nSPS) is 11.4. The lowest BCUT2D eigenvalue weighted by molar-refractivity contribution is -0.448. The van der Waals surface area contributed by atoms with E-state index in [1.807, 2.05) is 62.4 Å². The van der Waals surface area contributed by atoms with Gasteiger partial charge in [-0.1, -0.05) is 55.8 Å². The van der Waals surface area contributed by atoms with Gasteiger partial charge in [0.05, 0.1) is 11.4 Å². The first-order valence-corrected chi connectivity index (χ1v) is 17.6. The average molecular weight is 715 g/mol. The fraction of sp³-hybridized carbons (Fsp3) is 0.324. The highest BCUT2D eigenvalue weighted by atomic mass is 127. The fourth-order valence-corrected chi connectivity index (χ4v) is 5.88. The van der Waals surface area contributed by atoms with Crippen LogP contribution in [0.4, 0.5) is 5.69 Å². The number of nitrogen functional groups attached to an aromatic ring is 1. The van der Waals surface area contributed by atoms with Crippen LogP contribution < -0.4 is 16.0 Å². The number of para-hydroxylation sites is 1. The van der Waals surface area contributed by atoms with Gasteiger partial charge in [-0.15, -0.1) is 0 Å². The predicted molar refractivity (Wildman–Crippen MR) is 177 cm³/mol. The fourth-order valence-electron chi connectivity index (χ4n) is 4.83. The zero-order chi connectivity index (χ0) is 31.0. The molecule has 0 aliphatic carbocycles. The van der Waals surface area contributed by atoms with Gasteiger partial charge in [0.2, 0.25) is 14.0 Å². The molecule has 0 spiro atoms. The third kappa shape index (κ3) is 8.60. The first-order chi connectivity index (χ1) is 20.6. The second kappa shape index (κ2) is 14.9. The first kappa shape index (κ1) is 32.5. The lowest BCUT2D eigenvalue weighted by Crippen LogP contribution is -2.34. The molecule has 9 heteroatoms. The third-order valence-electron chi connectivity index (χ3n) is 6.99. The van der Waals surface area contributed by atoms with Crippen LogP contribution in [0.3, 0.4) is 0 Å². The molecule has 2 N–H and O–H groups in total. The molecule has 0 bridgehead atoms. The summed E-state index contributed by atoms with van der Waals surface area (Å²) in [6, 6.07) is 23.4. The molecular weight excluding hydrogens is 677 g/mol. The van der Waals surface area contributed by atoms with E-state index in [0.717, 1.165) is 47.3 Å². The van der Waals surface area contributed by atoms with Crippen molar-refractivity contribution in [3.8, 4) is 22.6 Å². The number of anilines is 1. The summed E-state index contributed by atoms with van der Waals surface area (Å²) in [6.07, 6.45) is 3.20. The van der Waals surface area contributed by atoms with Crippen LogP contribution in [0.1, 0.15) is 63.2 Å². The van der Waals surface area contributed by atoms with Crippen molar-refractivity contribution in [2.45, 2.75) is 64.9 Å². The number of rotatable bonds is 13. The number of esters is 1. The van der Waals surface area contributed by atoms with E-state index in [-0.39, 0.29) is 18.1 Å². The van der Waals surface area contributed by atoms with Gasteiger partial charge < -0.3 is 15.2 Å². The van der Waals surface area contributed by atoms with E-state index in [1.165, 1.54) is 6.92 Å². The number of nitrogens with two attached hydrogens (primary N) is 1. The van der Waals surface area contributed by atoms with E-state index in [0.29, 0.717) is 35.1 Å². The van der Waals surface area contributed by atoms with Crippen LogP contribution in [0.15, 0.2) is 77.6 Å². The molecule has 0 aliphatic rings. The Kier molecular flexibility index (Phi) is 11.3. The molecule has 0 atom stereocenters. The summed E-state index contributed by atoms with van der Waals surface area (Å²) in [6.45, 7) is 7.36. The largest absolute Gasteiger partial charge is 0.484 e. The molecule has 1 aromatic heterocycles. The minimum absolute atomic E-state index is 0.0628. The van der Waals surface area contributed by atoms with Gasteiger partial charge in [0.1, 0.15) is 18.0 Å². The van der Waals surface area contributed by atoms with Gasteiger partial charge in [0.25, 0.3) is 5.56 Å². The topological polar surface area (TPSA) is 96.4 Å². The van der Waals surface area contributed by atoms with E-state index < -0.39 is 5.60 Å². The number of ether oxygens (including phenoxy) is 2. The molecule has 226 valence electrons. The summed E-state index contributed by atoms with van der Waals surface area (Å²) in [5.41, 5.74) is 11.5. The molecule has 0 saturated carbocycles. The molecule has 0 aliphatic heterocycles. The highest BCUT2D eigenvalue weighted by molar-refractivity contribution is 14.1. The van der Waals surface area contributed by atoms with Crippen LogP contribution in [0.2, 0.25) is 0 Å². The van der Waals surface area contributed by atoms with E-state index in [4.69, 9.17) is 20.2 Å². The Morgan fingerprint density at radius 2 is 1.74 bits per heavy atom. The number of hydrogen-bond acceptors (Lipinski definition) is 6. The van der Waals surface area contributed by atoms with Gasteiger partial charge in [0, 0.05) is 30.2 Å². The Morgan fingerprint density at radius 1 is 1.05 bits per heavy atom. The summed E-state index contributed by atoms with van der Waals surface area (Å²) in [5, 5.41) is 0. The maximum absolute atomic E-state index is 14.3. The number of aromatic nitrogens is 2. The smallest absolute Gasteiger partial charge is 0.351 e. The molecule has 4 aromatic rings. The molecular formula is C34H38ClIN3O4+. The van der Waals surface area contributed by atoms with Gasteiger partial charge in [-0.2, -0.15) is 0 Å². The highest BCUT2D eigenvalue weighted by Crippen LogP contribution is 2.27. The zero-order valence-electron chi connectivity index (χ0n) is 25.0. The number of carbonyl (C=O) groups excluding carboxylic acids is 1. The van der Waals surface area contributed by atoms with E-state index in [1.54, 1.807) is 4.57 Å². The summed E-state index contributed by atoms with van der Waals surface area (Å²) >= 11 is 2.19. The van der Waals surface area contributed by atoms with E-state index in [2.05, 4.69) is 60.8 Å². The lowest BCUT2D eigenvalue weighted by atomic mass is 9.98. The van der Waals surface area contributed by atoms with Gasteiger partial charge in [0.15, 0.2) is 5.82 Å². The maximum Gasteiger partial charge on any atom is 0.351 e. The number of benzene rings is 3. The second-order valence-corrected chi connectivity index (χ2v) is 13.2. The van der Waals surface area contributed by atoms with Crippen molar-refractivity contribution in [1.82, 2.24) is 9.55 Å². The monoisotopic (exact) mass is 714 g/mol. The Morgan fingerprint density at radius 3 is 2.37 bits per heavy atom. The second-order valence-electron chi connectivity index (χ2n) is 11.0. The van der Waals surface area contributed by atoms with Crippen LogP contribution in [0, 0.1) is 8.10 Å². The summed E-state index contributed by atoms with van der Waals surface area (Å²) in [7, 11) is 2.12. The molecule has 43 heavy (non-hydrogen) atoms. The summed E-state index contributed by atoms with van der Waals surface area (Å²) < 4.78 is 12.9. The molecule has 0 fully saturated rings. The number of halogens is 2. The molecule has 0 saturated heterocycles. The van der Waals surface area contributed by atoms with Crippen molar-refractivity contribution < 1.29 is 22.4 Å². The van der Waals surface area contributed by atoms with Crippen LogP contribution in [0.25, 0.3) is 16.8 Å². The van der Waals surface area contributed by atoms with Crippen LogP contribution in [0.5, 0.6) is 5.75 Å². The van der Waals surface area contributed by atoms with Gasteiger partial charge >= 0.3 is 27.4 Å². The molecule has 0 amide bonds. The number of hydrogen-bond donors (Lipinski definition) is 1. The standard InChI is InChI=1S/C34H38ClIN3O4/c1-5-6-11-31-29(20-24-12-14-25(15-13-24)28-9-7-8-10-30(28)37)33(41)39(32(38-31)21-35-36)26-16-18-27(19-17-26)43-34(3,4)22-42-23(2)40/h7-10,12-19H,5-6,11,20-22,37H2,1-4H3/q+1. The lowest BCUT2D eigenvalue weighted by Gasteiger charge is -2.26. The van der Waals surface area contributed by atoms with Crippen molar-refractivity contribution >= 4 is 33.1 Å². The Labute approximate surface area is 269 Å². The van der Waals surface area contributed by atoms with Crippen molar-refractivity contribution in [2.75, 3.05) is 12.3 Å². The SMILES string of the molecule is CCCCc1nc(C[Cl+]I)n(-c2ccc(OC(C)(C)COC(C)=O)cc2)c(=O)c1Cc1ccc(-c2ccccc2N)cc1. The first-order valence-electron chi connectivity index (χ1n) is 14.3. The number of aryl methyl sites for hydroxylation is 1. The van der Waals surface area contributed by atoms with Crippen LogP contribution in [-0.4, -0.2) is 27.7 Å². The molecule has 0 unspecified atom stereocenters. The Balaban J connectivity index is 1.69. The van der Waals surface area contributed by atoms with E-state index >= 15 is 0 Å².